The zero-order valence-corrected chi connectivity index (χ0v) is 6.29. The molecule has 2 rings (SSSR count). The highest BCUT2D eigenvalue weighted by atomic mass is 16.7. The zero-order valence-electron chi connectivity index (χ0n) is 6.29. The Balaban J connectivity index is 2.16. The van der Waals surface area contributed by atoms with E-state index in [0.717, 1.165) is 13.0 Å². The maximum absolute atomic E-state index is 5.29. The lowest BCUT2D eigenvalue weighted by atomic mass is 10.1. The van der Waals surface area contributed by atoms with Gasteiger partial charge in [-0.2, -0.15) is 0 Å². The minimum Gasteiger partial charge on any atom is -0.294 e. The van der Waals surface area contributed by atoms with Crippen LogP contribution in [0.2, 0.25) is 0 Å². The Morgan fingerprint density at radius 1 is 1.27 bits per heavy atom. The summed E-state index contributed by atoms with van der Waals surface area (Å²) in [6, 6.07) is 10.3. The first-order valence-electron chi connectivity index (χ1n) is 3.90. The molecule has 1 saturated heterocycles. The summed E-state index contributed by atoms with van der Waals surface area (Å²) in [5.74, 6) is 0. The number of hydroxylamine groups is 1. The van der Waals surface area contributed by atoms with Gasteiger partial charge in [-0.1, -0.05) is 30.3 Å². The molecule has 0 spiro atoms. The van der Waals surface area contributed by atoms with Crippen LogP contribution >= 0.6 is 0 Å². The fourth-order valence-corrected chi connectivity index (χ4v) is 1.31. The third kappa shape index (κ3) is 1.42. The van der Waals surface area contributed by atoms with E-state index < -0.39 is 0 Å². The molecule has 1 aromatic rings. The van der Waals surface area contributed by atoms with Gasteiger partial charge in [0.15, 0.2) is 0 Å². The minimum absolute atomic E-state index is 0.260. The van der Waals surface area contributed by atoms with Crippen LogP contribution in [-0.2, 0) is 4.84 Å². The topological polar surface area (TPSA) is 21.3 Å². The summed E-state index contributed by atoms with van der Waals surface area (Å²) in [5, 5.41) is 0. The maximum Gasteiger partial charge on any atom is 0.105 e. The predicted octanol–water partition coefficient (Wildman–Crippen LogP) is 1.65. The van der Waals surface area contributed by atoms with Gasteiger partial charge >= 0.3 is 0 Å². The lowest BCUT2D eigenvalue weighted by Crippen LogP contribution is -2.04. The monoisotopic (exact) mass is 149 g/mol. The van der Waals surface area contributed by atoms with Crippen LogP contribution < -0.4 is 5.48 Å². The van der Waals surface area contributed by atoms with E-state index in [9.17, 15) is 0 Å². The van der Waals surface area contributed by atoms with Gasteiger partial charge in [-0.15, -0.1) is 0 Å². The fourth-order valence-electron chi connectivity index (χ4n) is 1.31. The second kappa shape index (κ2) is 3.03. The second-order valence-corrected chi connectivity index (χ2v) is 2.70. The second-order valence-electron chi connectivity index (χ2n) is 2.70. The standard InChI is InChI=1S/C9H11NO/c1-2-4-8(5-3-1)9-6-7-10-11-9/h1-5,9-10H,6-7H2. The van der Waals surface area contributed by atoms with Gasteiger partial charge in [-0.05, 0) is 12.0 Å². The van der Waals surface area contributed by atoms with Crippen LogP contribution in [0, 0.1) is 0 Å². The van der Waals surface area contributed by atoms with Crippen molar-refractivity contribution >= 4 is 0 Å². The van der Waals surface area contributed by atoms with E-state index in [1.54, 1.807) is 0 Å². The largest absolute Gasteiger partial charge is 0.294 e. The van der Waals surface area contributed by atoms with Gasteiger partial charge in [0.2, 0.25) is 0 Å². The van der Waals surface area contributed by atoms with Crippen LogP contribution in [0.1, 0.15) is 18.1 Å². The molecule has 1 aliphatic heterocycles. The summed E-state index contributed by atoms with van der Waals surface area (Å²) in [6.07, 6.45) is 1.33. The van der Waals surface area contributed by atoms with Gasteiger partial charge in [0.05, 0.1) is 0 Å². The molecule has 11 heavy (non-hydrogen) atoms. The number of rotatable bonds is 1. The molecule has 1 atom stereocenters. The summed E-state index contributed by atoms with van der Waals surface area (Å²) >= 11 is 0. The van der Waals surface area contributed by atoms with Crippen LogP contribution in [0.4, 0.5) is 0 Å². The van der Waals surface area contributed by atoms with Crippen molar-refractivity contribution in [3.8, 4) is 0 Å². The van der Waals surface area contributed by atoms with E-state index in [2.05, 4.69) is 17.6 Å². The van der Waals surface area contributed by atoms with Crippen LogP contribution in [0.15, 0.2) is 30.3 Å². The molecule has 2 heteroatoms. The molecule has 1 aromatic carbocycles. The van der Waals surface area contributed by atoms with Crippen molar-refractivity contribution < 1.29 is 4.84 Å². The van der Waals surface area contributed by atoms with E-state index in [0.29, 0.717) is 0 Å². The molecule has 0 aliphatic carbocycles. The Labute approximate surface area is 66.1 Å². The Morgan fingerprint density at radius 2 is 2.09 bits per heavy atom. The normalized spacial score (nSPS) is 23.8. The van der Waals surface area contributed by atoms with Gasteiger partial charge in [0.1, 0.15) is 6.10 Å². The molecule has 58 valence electrons. The van der Waals surface area contributed by atoms with Crippen molar-refractivity contribution in [2.24, 2.45) is 0 Å². The molecule has 0 amide bonds. The Hall–Kier alpha value is -0.860. The number of hydrogen-bond donors (Lipinski definition) is 1. The quantitative estimate of drug-likeness (QED) is 0.655. The highest BCUT2D eigenvalue weighted by molar-refractivity contribution is 5.17. The Morgan fingerprint density at radius 3 is 2.73 bits per heavy atom. The SMILES string of the molecule is c1ccc(C2CCNO2)cc1. The third-order valence-corrected chi connectivity index (χ3v) is 1.91. The summed E-state index contributed by atoms with van der Waals surface area (Å²) in [7, 11) is 0. The fraction of sp³-hybridized carbons (Fsp3) is 0.333. The van der Waals surface area contributed by atoms with E-state index >= 15 is 0 Å². The van der Waals surface area contributed by atoms with E-state index in [-0.39, 0.29) is 6.10 Å². The van der Waals surface area contributed by atoms with Gasteiger partial charge in [-0.3, -0.25) is 4.84 Å². The first kappa shape index (κ1) is 6.83. The van der Waals surface area contributed by atoms with E-state index in [1.807, 2.05) is 18.2 Å². The van der Waals surface area contributed by atoms with Crippen molar-refractivity contribution in [2.45, 2.75) is 12.5 Å². The highest BCUT2D eigenvalue weighted by Gasteiger charge is 2.16. The number of benzene rings is 1. The van der Waals surface area contributed by atoms with Gasteiger partial charge in [0.25, 0.3) is 0 Å². The summed E-state index contributed by atoms with van der Waals surface area (Å²) < 4.78 is 0. The van der Waals surface area contributed by atoms with Crippen molar-refractivity contribution in [3.63, 3.8) is 0 Å². The molecule has 1 fully saturated rings. The van der Waals surface area contributed by atoms with Gasteiger partial charge in [-0.25, -0.2) is 5.48 Å². The molecule has 1 unspecified atom stereocenters. The maximum atomic E-state index is 5.29. The molecular weight excluding hydrogens is 138 g/mol. The molecular formula is C9H11NO. The van der Waals surface area contributed by atoms with Crippen LogP contribution in [0.5, 0.6) is 0 Å². The summed E-state index contributed by atoms with van der Waals surface area (Å²) in [6.45, 7) is 0.958. The average Bonchev–Trinajstić information content (AvgIpc) is 2.58. The first-order chi connectivity index (χ1) is 5.47. The van der Waals surface area contributed by atoms with Crippen LogP contribution in [-0.4, -0.2) is 6.54 Å². The Kier molecular flexibility index (Phi) is 1.88. The van der Waals surface area contributed by atoms with Crippen molar-refractivity contribution in [1.29, 1.82) is 0 Å². The molecule has 1 aliphatic rings. The zero-order chi connectivity index (χ0) is 7.52. The highest BCUT2D eigenvalue weighted by Crippen LogP contribution is 2.22. The Bertz CT molecular complexity index is 216. The minimum atomic E-state index is 0.260. The van der Waals surface area contributed by atoms with Crippen LogP contribution in [0.3, 0.4) is 0 Å². The van der Waals surface area contributed by atoms with Gasteiger partial charge in [0, 0.05) is 6.54 Å². The van der Waals surface area contributed by atoms with Crippen LogP contribution in [0.25, 0.3) is 0 Å². The number of nitrogens with one attached hydrogen (secondary N) is 1. The average molecular weight is 149 g/mol. The summed E-state index contributed by atoms with van der Waals surface area (Å²) in [5.41, 5.74) is 4.13. The molecule has 1 heterocycles. The molecule has 0 radical (unpaired) electrons. The predicted molar refractivity (Wildman–Crippen MR) is 42.9 cm³/mol. The lowest BCUT2D eigenvalue weighted by molar-refractivity contribution is 0.0336. The first-order valence-corrected chi connectivity index (χ1v) is 3.90. The van der Waals surface area contributed by atoms with E-state index in [1.165, 1.54) is 5.56 Å². The van der Waals surface area contributed by atoms with Crippen molar-refractivity contribution in [2.75, 3.05) is 6.54 Å². The smallest absolute Gasteiger partial charge is 0.105 e. The van der Waals surface area contributed by atoms with Gasteiger partial charge < -0.3 is 0 Å². The van der Waals surface area contributed by atoms with E-state index in [4.69, 9.17) is 4.84 Å². The van der Waals surface area contributed by atoms with Crippen molar-refractivity contribution in [1.82, 2.24) is 5.48 Å². The molecule has 2 nitrogen and oxygen atoms in total. The molecule has 1 N–H and O–H groups in total. The molecule has 0 bridgehead atoms. The van der Waals surface area contributed by atoms with Crippen molar-refractivity contribution in [3.05, 3.63) is 35.9 Å². The third-order valence-electron chi connectivity index (χ3n) is 1.91. The lowest BCUT2D eigenvalue weighted by Gasteiger charge is -2.06. The number of hydrogen-bond acceptors (Lipinski definition) is 2. The molecule has 0 saturated carbocycles. The summed E-state index contributed by atoms with van der Waals surface area (Å²) in [4.78, 5) is 5.29. The molecule has 0 aromatic heterocycles.